The van der Waals surface area contributed by atoms with Crippen LogP contribution in [0.25, 0.3) is 0 Å². The van der Waals surface area contributed by atoms with Gasteiger partial charge in [0.15, 0.2) is 6.10 Å². The van der Waals surface area contributed by atoms with Crippen LogP contribution in [0.3, 0.4) is 0 Å². The molecular weight excluding hydrogens is 276 g/mol. The van der Waals surface area contributed by atoms with Crippen LogP contribution in [0.15, 0.2) is 48.5 Å². The molecule has 0 saturated carbocycles. The van der Waals surface area contributed by atoms with E-state index in [2.05, 4.69) is 0 Å². The van der Waals surface area contributed by atoms with Crippen molar-refractivity contribution in [2.24, 2.45) is 0 Å². The highest BCUT2D eigenvalue weighted by atomic mass is 35.5. The summed E-state index contributed by atoms with van der Waals surface area (Å²) in [5, 5.41) is 0.488. The molecule has 2 aromatic rings. The largest absolute Gasteiger partial charge is 0.497 e. The van der Waals surface area contributed by atoms with E-state index >= 15 is 0 Å². The molecule has 0 unspecified atom stereocenters. The Morgan fingerprint density at radius 3 is 2.35 bits per heavy atom. The summed E-state index contributed by atoms with van der Waals surface area (Å²) < 4.78 is 10.7. The molecule has 2 aromatic carbocycles. The minimum absolute atomic E-state index is 0.104. The predicted molar refractivity (Wildman–Crippen MR) is 78.9 cm³/mol. The van der Waals surface area contributed by atoms with Gasteiger partial charge in [0.1, 0.15) is 11.5 Å². The van der Waals surface area contributed by atoms with Crippen molar-refractivity contribution in [3.8, 4) is 11.5 Å². The van der Waals surface area contributed by atoms with Crippen molar-refractivity contribution in [2.45, 2.75) is 13.0 Å². The Morgan fingerprint density at radius 1 is 1.10 bits per heavy atom. The smallest absolute Gasteiger partial charge is 0.202 e. The van der Waals surface area contributed by atoms with Crippen molar-refractivity contribution in [3.05, 3.63) is 59.1 Å². The SMILES string of the molecule is COc1ccc(C(=O)[C@@H](C)Oc2ccccc2Cl)cc1. The van der Waals surface area contributed by atoms with Gasteiger partial charge in [-0.15, -0.1) is 0 Å². The highest BCUT2D eigenvalue weighted by Gasteiger charge is 2.17. The van der Waals surface area contributed by atoms with Crippen LogP contribution in [0.2, 0.25) is 5.02 Å². The first-order valence-electron chi connectivity index (χ1n) is 6.21. The number of rotatable bonds is 5. The summed E-state index contributed by atoms with van der Waals surface area (Å²) in [5.41, 5.74) is 0.574. The molecule has 104 valence electrons. The topological polar surface area (TPSA) is 35.5 Å². The predicted octanol–water partition coefficient (Wildman–Crippen LogP) is 4.00. The quantitative estimate of drug-likeness (QED) is 0.781. The maximum Gasteiger partial charge on any atom is 0.202 e. The van der Waals surface area contributed by atoms with Crippen molar-refractivity contribution >= 4 is 17.4 Å². The van der Waals surface area contributed by atoms with E-state index in [1.54, 1.807) is 50.4 Å². The summed E-state index contributed by atoms with van der Waals surface area (Å²) >= 11 is 6.01. The molecule has 0 aliphatic rings. The molecule has 0 N–H and O–H groups in total. The fourth-order valence-electron chi connectivity index (χ4n) is 1.77. The van der Waals surface area contributed by atoms with Gasteiger partial charge in [0.05, 0.1) is 12.1 Å². The molecule has 0 spiro atoms. The summed E-state index contributed by atoms with van der Waals surface area (Å²) in [6.07, 6.45) is -0.608. The third-order valence-electron chi connectivity index (χ3n) is 2.88. The molecule has 0 aromatic heterocycles. The molecule has 0 bridgehead atoms. The van der Waals surface area contributed by atoms with Gasteiger partial charge in [0.2, 0.25) is 5.78 Å². The number of hydrogen-bond donors (Lipinski definition) is 0. The van der Waals surface area contributed by atoms with E-state index in [0.717, 1.165) is 0 Å². The number of Topliss-reactive ketones (excluding diaryl/α,β-unsaturated/α-hetero) is 1. The van der Waals surface area contributed by atoms with Gasteiger partial charge in [0.25, 0.3) is 0 Å². The van der Waals surface area contributed by atoms with Gasteiger partial charge in [-0.2, -0.15) is 0 Å². The Balaban J connectivity index is 2.10. The highest BCUT2D eigenvalue weighted by molar-refractivity contribution is 6.32. The number of para-hydroxylation sites is 1. The van der Waals surface area contributed by atoms with Gasteiger partial charge in [-0.05, 0) is 43.3 Å². The van der Waals surface area contributed by atoms with Crippen molar-refractivity contribution in [1.82, 2.24) is 0 Å². The van der Waals surface area contributed by atoms with Crippen molar-refractivity contribution in [3.63, 3.8) is 0 Å². The number of hydrogen-bond acceptors (Lipinski definition) is 3. The minimum atomic E-state index is -0.608. The van der Waals surface area contributed by atoms with Gasteiger partial charge in [-0.1, -0.05) is 23.7 Å². The van der Waals surface area contributed by atoms with Crippen molar-refractivity contribution in [2.75, 3.05) is 7.11 Å². The fourth-order valence-corrected chi connectivity index (χ4v) is 1.95. The molecule has 0 saturated heterocycles. The Labute approximate surface area is 123 Å². The fraction of sp³-hybridized carbons (Fsp3) is 0.188. The van der Waals surface area contributed by atoms with Gasteiger partial charge in [-0.25, -0.2) is 0 Å². The summed E-state index contributed by atoms with van der Waals surface area (Å²) in [5.74, 6) is 1.11. The van der Waals surface area contributed by atoms with Crippen LogP contribution in [0.5, 0.6) is 11.5 Å². The van der Waals surface area contributed by atoms with Crippen molar-refractivity contribution in [1.29, 1.82) is 0 Å². The van der Waals surface area contributed by atoms with E-state index in [0.29, 0.717) is 22.1 Å². The zero-order chi connectivity index (χ0) is 14.5. The van der Waals surface area contributed by atoms with E-state index in [1.807, 2.05) is 12.1 Å². The zero-order valence-electron chi connectivity index (χ0n) is 11.3. The average Bonchev–Trinajstić information content (AvgIpc) is 2.49. The van der Waals surface area contributed by atoms with Crippen LogP contribution < -0.4 is 9.47 Å². The number of benzene rings is 2. The molecule has 20 heavy (non-hydrogen) atoms. The third-order valence-corrected chi connectivity index (χ3v) is 3.20. The molecule has 0 heterocycles. The number of ether oxygens (including phenoxy) is 2. The first-order chi connectivity index (χ1) is 9.61. The lowest BCUT2D eigenvalue weighted by atomic mass is 10.1. The Kier molecular flexibility index (Phi) is 4.64. The summed E-state index contributed by atoms with van der Waals surface area (Å²) in [6, 6.07) is 14.0. The Morgan fingerprint density at radius 2 is 1.75 bits per heavy atom. The maximum atomic E-state index is 12.3. The normalized spacial score (nSPS) is 11.8. The standard InChI is InChI=1S/C16H15ClO3/c1-11(20-15-6-4-3-5-14(15)17)16(18)12-7-9-13(19-2)10-8-12/h3-11H,1-2H3/t11-/m1/s1. The van der Waals surface area contributed by atoms with Gasteiger partial charge in [-0.3, -0.25) is 4.79 Å². The molecule has 0 radical (unpaired) electrons. The van der Waals surface area contributed by atoms with E-state index in [9.17, 15) is 4.79 Å². The molecule has 0 fully saturated rings. The second-order valence-electron chi connectivity index (χ2n) is 4.28. The molecule has 0 aliphatic heterocycles. The monoisotopic (exact) mass is 290 g/mol. The van der Waals surface area contributed by atoms with E-state index in [4.69, 9.17) is 21.1 Å². The van der Waals surface area contributed by atoms with E-state index in [1.165, 1.54) is 0 Å². The van der Waals surface area contributed by atoms with E-state index < -0.39 is 6.10 Å². The molecule has 4 heteroatoms. The Bertz CT molecular complexity index is 593. The zero-order valence-corrected chi connectivity index (χ0v) is 12.1. The van der Waals surface area contributed by atoms with Gasteiger partial charge in [0, 0.05) is 5.56 Å². The number of carbonyl (C=O) groups is 1. The van der Waals surface area contributed by atoms with Crippen LogP contribution in [0.1, 0.15) is 17.3 Å². The second-order valence-corrected chi connectivity index (χ2v) is 4.69. The van der Waals surface area contributed by atoms with Crippen LogP contribution in [0, 0.1) is 0 Å². The first kappa shape index (κ1) is 14.4. The number of carbonyl (C=O) groups excluding carboxylic acids is 1. The molecule has 3 nitrogen and oxygen atoms in total. The van der Waals surface area contributed by atoms with Gasteiger partial charge >= 0.3 is 0 Å². The van der Waals surface area contributed by atoms with Crippen molar-refractivity contribution < 1.29 is 14.3 Å². The lowest BCUT2D eigenvalue weighted by molar-refractivity contribution is 0.0818. The molecule has 2 rings (SSSR count). The lowest BCUT2D eigenvalue weighted by Crippen LogP contribution is -2.24. The number of ketones is 1. The molecule has 1 atom stereocenters. The number of methoxy groups -OCH3 is 1. The molecule has 0 amide bonds. The molecule has 0 aliphatic carbocycles. The lowest BCUT2D eigenvalue weighted by Gasteiger charge is -2.14. The average molecular weight is 291 g/mol. The van der Waals surface area contributed by atoms with Crippen LogP contribution in [-0.4, -0.2) is 19.0 Å². The summed E-state index contributed by atoms with van der Waals surface area (Å²) in [7, 11) is 1.58. The number of halogens is 1. The minimum Gasteiger partial charge on any atom is -0.497 e. The third kappa shape index (κ3) is 3.31. The summed E-state index contributed by atoms with van der Waals surface area (Å²) in [6.45, 7) is 1.70. The van der Waals surface area contributed by atoms with Gasteiger partial charge < -0.3 is 9.47 Å². The Hall–Kier alpha value is -2.00. The first-order valence-corrected chi connectivity index (χ1v) is 6.59. The maximum absolute atomic E-state index is 12.3. The van der Waals surface area contributed by atoms with Crippen LogP contribution >= 0.6 is 11.6 Å². The highest BCUT2D eigenvalue weighted by Crippen LogP contribution is 2.25. The summed E-state index contributed by atoms with van der Waals surface area (Å²) in [4.78, 5) is 12.3. The second kappa shape index (κ2) is 6.44. The van der Waals surface area contributed by atoms with Crippen LogP contribution in [0.4, 0.5) is 0 Å². The van der Waals surface area contributed by atoms with Crippen LogP contribution in [-0.2, 0) is 0 Å². The van der Waals surface area contributed by atoms with E-state index in [-0.39, 0.29) is 5.78 Å². The molecular formula is C16H15ClO3.